The molecule has 2 aromatic heterocycles. The van der Waals surface area contributed by atoms with Gasteiger partial charge in [-0.05, 0) is 11.5 Å². The number of aromatic nitrogens is 2. The van der Waals surface area contributed by atoms with Crippen LogP contribution >= 0.6 is 11.3 Å². The number of hydrogen-bond donors (Lipinski definition) is 0. The third-order valence-corrected chi connectivity index (χ3v) is 3.42. The van der Waals surface area contributed by atoms with Gasteiger partial charge in [0.1, 0.15) is 11.2 Å². The Hall–Kier alpha value is -0.960. The number of thiophene rings is 1. The zero-order valence-electron chi connectivity index (χ0n) is 8.03. The van der Waals surface area contributed by atoms with Crippen molar-refractivity contribution in [3.63, 3.8) is 0 Å². The molecular weight excluding hydrogens is 180 g/mol. The minimum absolute atomic E-state index is 0.214. The normalized spacial score (nSPS) is 12.2. The number of fused-ring (bicyclic) bond motifs is 1. The van der Waals surface area contributed by atoms with Crippen LogP contribution in [0.1, 0.15) is 25.6 Å². The summed E-state index contributed by atoms with van der Waals surface area (Å²) in [6, 6.07) is 2.18. The molecule has 0 amide bonds. The van der Waals surface area contributed by atoms with Crippen LogP contribution in [0, 0.1) is 0 Å². The second-order valence-electron chi connectivity index (χ2n) is 4.14. The Morgan fingerprint density at radius 1 is 1.31 bits per heavy atom. The van der Waals surface area contributed by atoms with Gasteiger partial charge >= 0.3 is 0 Å². The van der Waals surface area contributed by atoms with Gasteiger partial charge < -0.3 is 0 Å². The molecule has 2 heterocycles. The van der Waals surface area contributed by atoms with Crippen molar-refractivity contribution in [3.05, 3.63) is 23.5 Å². The maximum Gasteiger partial charge on any atom is 0.126 e. The van der Waals surface area contributed by atoms with Crippen LogP contribution in [0.2, 0.25) is 0 Å². The summed E-state index contributed by atoms with van der Waals surface area (Å²) < 4.78 is 0. The van der Waals surface area contributed by atoms with Crippen molar-refractivity contribution >= 4 is 21.6 Å². The van der Waals surface area contributed by atoms with Crippen LogP contribution in [0.25, 0.3) is 10.2 Å². The van der Waals surface area contributed by atoms with E-state index in [0.29, 0.717) is 0 Å². The van der Waals surface area contributed by atoms with E-state index in [9.17, 15) is 0 Å². The van der Waals surface area contributed by atoms with Crippen molar-refractivity contribution in [2.75, 3.05) is 0 Å². The van der Waals surface area contributed by atoms with E-state index >= 15 is 0 Å². The summed E-state index contributed by atoms with van der Waals surface area (Å²) in [4.78, 5) is 10.7. The Kier molecular flexibility index (Phi) is 1.84. The van der Waals surface area contributed by atoms with Gasteiger partial charge in [0.2, 0.25) is 0 Å². The lowest BCUT2D eigenvalue weighted by molar-refractivity contribution is 0.604. The van der Waals surface area contributed by atoms with Gasteiger partial charge in [-0.2, -0.15) is 0 Å². The summed E-state index contributed by atoms with van der Waals surface area (Å²) >= 11 is 1.75. The molecule has 0 aliphatic heterocycles. The second kappa shape index (κ2) is 2.77. The first-order valence-corrected chi connectivity index (χ1v) is 5.09. The molecule has 13 heavy (non-hydrogen) atoms. The third-order valence-electron chi connectivity index (χ3n) is 1.93. The third kappa shape index (κ3) is 1.56. The summed E-state index contributed by atoms with van der Waals surface area (Å²) in [7, 11) is 0. The fourth-order valence-electron chi connectivity index (χ4n) is 1.16. The minimum Gasteiger partial charge on any atom is -0.244 e. The van der Waals surface area contributed by atoms with Crippen LogP contribution in [0.4, 0.5) is 0 Å². The molecule has 0 saturated heterocycles. The van der Waals surface area contributed by atoms with Gasteiger partial charge in [0.05, 0.1) is 0 Å². The highest BCUT2D eigenvalue weighted by atomic mass is 32.1. The second-order valence-corrected chi connectivity index (χ2v) is 5.17. The van der Waals surface area contributed by atoms with Crippen LogP contribution in [0.15, 0.2) is 18.6 Å². The van der Waals surface area contributed by atoms with Gasteiger partial charge in [-0.15, -0.1) is 11.3 Å². The lowest BCUT2D eigenvalue weighted by atomic mass is 9.94. The monoisotopic (exact) mass is 192 g/mol. The van der Waals surface area contributed by atoms with Crippen LogP contribution < -0.4 is 0 Å². The van der Waals surface area contributed by atoms with Crippen molar-refractivity contribution in [2.45, 2.75) is 26.2 Å². The van der Waals surface area contributed by atoms with Crippen molar-refractivity contribution in [1.29, 1.82) is 0 Å². The molecular formula is C10H12N2S. The van der Waals surface area contributed by atoms with Gasteiger partial charge in [0, 0.05) is 16.5 Å². The maximum atomic E-state index is 4.22. The predicted octanol–water partition coefficient (Wildman–Crippen LogP) is 2.99. The van der Waals surface area contributed by atoms with E-state index in [0.717, 1.165) is 10.2 Å². The van der Waals surface area contributed by atoms with Crippen LogP contribution in [0.3, 0.4) is 0 Å². The Labute approximate surface area is 81.7 Å². The van der Waals surface area contributed by atoms with Crippen LogP contribution in [0.5, 0.6) is 0 Å². The summed E-state index contributed by atoms with van der Waals surface area (Å²) in [5, 5.41) is 1.15. The highest BCUT2D eigenvalue weighted by molar-refractivity contribution is 7.18. The van der Waals surface area contributed by atoms with E-state index < -0.39 is 0 Å². The highest BCUT2D eigenvalue weighted by Crippen LogP contribution is 2.32. The zero-order chi connectivity index (χ0) is 9.47. The SMILES string of the molecule is CC(C)(C)c1cc2cncnc2s1. The molecule has 2 rings (SSSR count). The van der Waals surface area contributed by atoms with Gasteiger partial charge in [0.25, 0.3) is 0 Å². The Bertz CT molecular complexity index is 393. The fraction of sp³-hybridized carbons (Fsp3) is 0.400. The smallest absolute Gasteiger partial charge is 0.126 e. The van der Waals surface area contributed by atoms with E-state index in [1.54, 1.807) is 17.7 Å². The molecule has 0 radical (unpaired) electrons. The molecule has 0 aromatic carbocycles. The maximum absolute atomic E-state index is 4.22. The van der Waals surface area contributed by atoms with Gasteiger partial charge in [-0.25, -0.2) is 9.97 Å². The molecule has 0 atom stereocenters. The number of rotatable bonds is 0. The Morgan fingerprint density at radius 2 is 2.08 bits per heavy atom. The molecule has 0 aliphatic rings. The molecule has 0 N–H and O–H groups in total. The topological polar surface area (TPSA) is 25.8 Å². The summed E-state index contributed by atoms with van der Waals surface area (Å²) in [5.74, 6) is 0. The predicted molar refractivity (Wildman–Crippen MR) is 56.1 cm³/mol. The standard InChI is InChI=1S/C10H12N2S/c1-10(2,3)8-4-7-5-11-6-12-9(7)13-8/h4-6H,1-3H3. The average Bonchev–Trinajstić information content (AvgIpc) is 2.45. The van der Waals surface area contributed by atoms with Crippen molar-refractivity contribution in [1.82, 2.24) is 9.97 Å². The van der Waals surface area contributed by atoms with Crippen LogP contribution in [-0.2, 0) is 5.41 Å². The first kappa shape index (κ1) is 8.63. The highest BCUT2D eigenvalue weighted by Gasteiger charge is 2.16. The van der Waals surface area contributed by atoms with E-state index in [2.05, 4.69) is 36.8 Å². The lowest BCUT2D eigenvalue weighted by Crippen LogP contribution is -2.07. The largest absolute Gasteiger partial charge is 0.244 e. The van der Waals surface area contributed by atoms with E-state index in [1.807, 2.05) is 6.20 Å². The molecule has 68 valence electrons. The Morgan fingerprint density at radius 3 is 2.69 bits per heavy atom. The van der Waals surface area contributed by atoms with Crippen LogP contribution in [-0.4, -0.2) is 9.97 Å². The lowest BCUT2D eigenvalue weighted by Gasteiger charge is -2.14. The molecule has 2 nitrogen and oxygen atoms in total. The average molecular weight is 192 g/mol. The van der Waals surface area contributed by atoms with Gasteiger partial charge in [-0.3, -0.25) is 0 Å². The van der Waals surface area contributed by atoms with Crippen molar-refractivity contribution in [2.24, 2.45) is 0 Å². The first-order chi connectivity index (χ1) is 6.07. The molecule has 0 unspecified atom stereocenters. The van der Waals surface area contributed by atoms with Gasteiger partial charge in [0.15, 0.2) is 0 Å². The Balaban J connectivity index is 2.63. The van der Waals surface area contributed by atoms with E-state index in [4.69, 9.17) is 0 Å². The van der Waals surface area contributed by atoms with Crippen molar-refractivity contribution in [3.8, 4) is 0 Å². The molecule has 0 aliphatic carbocycles. The number of nitrogens with zero attached hydrogens (tertiary/aromatic N) is 2. The summed E-state index contributed by atoms with van der Waals surface area (Å²) in [6.07, 6.45) is 3.47. The quantitative estimate of drug-likeness (QED) is 0.641. The molecule has 0 spiro atoms. The molecule has 0 bridgehead atoms. The molecule has 0 fully saturated rings. The fourth-order valence-corrected chi connectivity index (χ4v) is 2.19. The number of hydrogen-bond acceptors (Lipinski definition) is 3. The molecule has 0 saturated carbocycles. The van der Waals surface area contributed by atoms with Gasteiger partial charge in [-0.1, -0.05) is 20.8 Å². The minimum atomic E-state index is 0.214. The van der Waals surface area contributed by atoms with E-state index in [1.165, 1.54) is 4.88 Å². The van der Waals surface area contributed by atoms with Crippen molar-refractivity contribution < 1.29 is 0 Å². The summed E-state index contributed by atoms with van der Waals surface area (Å²) in [6.45, 7) is 6.64. The molecule has 3 heteroatoms. The molecule has 2 aromatic rings. The zero-order valence-corrected chi connectivity index (χ0v) is 8.85. The van der Waals surface area contributed by atoms with E-state index in [-0.39, 0.29) is 5.41 Å². The first-order valence-electron chi connectivity index (χ1n) is 4.27. The summed E-state index contributed by atoms with van der Waals surface area (Å²) in [5.41, 5.74) is 0.214.